The molecule has 0 unspecified atom stereocenters. The van der Waals surface area contributed by atoms with Gasteiger partial charge < -0.3 is 14.5 Å². The summed E-state index contributed by atoms with van der Waals surface area (Å²) in [5.41, 5.74) is 2.21. The van der Waals surface area contributed by atoms with Crippen LogP contribution in [-0.4, -0.2) is 49.3 Å². The molecule has 28 heavy (non-hydrogen) atoms. The average molecular weight is 375 g/mol. The molecular formula is C20H17N5O3. The summed E-state index contributed by atoms with van der Waals surface area (Å²) in [6.07, 6.45) is 3.84. The molecule has 0 aliphatic carbocycles. The Balaban J connectivity index is 1.50. The van der Waals surface area contributed by atoms with Crippen LogP contribution in [0.1, 0.15) is 12.2 Å². The van der Waals surface area contributed by atoms with E-state index in [0.717, 1.165) is 22.5 Å². The van der Waals surface area contributed by atoms with Gasteiger partial charge in [-0.25, -0.2) is 9.50 Å². The van der Waals surface area contributed by atoms with Gasteiger partial charge in [0.2, 0.25) is 5.60 Å². The standard InChI is InChI=1S/C20H17N5O3/c1-24-10-7-20(27,19(24)26)17-12-16(23-28-17)14-4-2-3-13(11-14)15-6-9-25-18(22-15)5-8-21-25/h2-6,8-9,11-12,27H,7,10H2,1H3/t20-/m1/s1. The Kier molecular flexibility index (Phi) is 3.56. The molecule has 1 saturated heterocycles. The number of hydrogen-bond acceptors (Lipinski definition) is 6. The Bertz CT molecular complexity index is 1200. The first-order chi connectivity index (χ1) is 13.5. The number of nitrogens with zero attached hydrogens (tertiary/aromatic N) is 5. The Morgan fingerprint density at radius 3 is 2.75 bits per heavy atom. The van der Waals surface area contributed by atoms with Gasteiger partial charge >= 0.3 is 0 Å². The third kappa shape index (κ3) is 2.49. The van der Waals surface area contributed by atoms with Gasteiger partial charge in [-0.05, 0) is 12.1 Å². The summed E-state index contributed by atoms with van der Waals surface area (Å²) >= 11 is 0. The summed E-state index contributed by atoms with van der Waals surface area (Å²) in [5.74, 6) is -0.205. The van der Waals surface area contributed by atoms with Crippen LogP contribution in [0, 0.1) is 0 Å². The predicted molar refractivity (Wildman–Crippen MR) is 100 cm³/mol. The maximum Gasteiger partial charge on any atom is 0.262 e. The molecule has 8 heteroatoms. The Labute approximate surface area is 160 Å². The van der Waals surface area contributed by atoms with Gasteiger partial charge in [-0.3, -0.25) is 4.79 Å². The second-order valence-electron chi connectivity index (χ2n) is 6.94. The van der Waals surface area contributed by atoms with E-state index in [1.54, 1.807) is 23.8 Å². The second kappa shape index (κ2) is 6.00. The summed E-state index contributed by atoms with van der Waals surface area (Å²) in [6.45, 7) is 0.476. The minimum Gasteiger partial charge on any atom is -0.373 e. The van der Waals surface area contributed by atoms with Crippen LogP contribution >= 0.6 is 0 Å². The molecule has 140 valence electrons. The van der Waals surface area contributed by atoms with Crippen LogP contribution in [0.5, 0.6) is 0 Å². The zero-order valence-corrected chi connectivity index (χ0v) is 15.1. The van der Waals surface area contributed by atoms with Gasteiger partial charge in [0.15, 0.2) is 11.4 Å². The number of aromatic nitrogens is 4. The molecule has 3 aromatic heterocycles. The van der Waals surface area contributed by atoms with Gasteiger partial charge in [-0.15, -0.1) is 0 Å². The number of likely N-dealkylation sites (N-methyl/N-ethyl adjacent to an activating group) is 1. The normalized spacial score (nSPS) is 19.6. The number of aliphatic hydroxyl groups is 1. The number of fused-ring (bicyclic) bond motifs is 1. The lowest BCUT2D eigenvalue weighted by molar-refractivity contribution is -0.144. The topological polar surface area (TPSA) is 96.8 Å². The summed E-state index contributed by atoms with van der Waals surface area (Å²) in [6, 6.07) is 13.1. The molecular weight excluding hydrogens is 358 g/mol. The smallest absolute Gasteiger partial charge is 0.262 e. The van der Waals surface area contributed by atoms with Crippen molar-refractivity contribution in [3.05, 3.63) is 60.6 Å². The van der Waals surface area contributed by atoms with Crippen LogP contribution in [0.3, 0.4) is 0 Å². The van der Waals surface area contributed by atoms with Crippen LogP contribution in [-0.2, 0) is 10.4 Å². The molecule has 1 aromatic carbocycles. The molecule has 1 aliphatic rings. The van der Waals surface area contributed by atoms with Crippen molar-refractivity contribution in [2.45, 2.75) is 12.0 Å². The van der Waals surface area contributed by atoms with E-state index in [1.165, 1.54) is 4.90 Å². The molecule has 0 bridgehead atoms. The van der Waals surface area contributed by atoms with E-state index >= 15 is 0 Å². The first kappa shape index (κ1) is 16.6. The Morgan fingerprint density at radius 1 is 1.14 bits per heavy atom. The van der Waals surface area contributed by atoms with E-state index in [9.17, 15) is 9.90 Å². The lowest BCUT2D eigenvalue weighted by atomic mass is 9.98. The van der Waals surface area contributed by atoms with Gasteiger partial charge in [-0.2, -0.15) is 5.10 Å². The van der Waals surface area contributed by atoms with Crippen LogP contribution in [0.4, 0.5) is 0 Å². The molecule has 0 spiro atoms. The van der Waals surface area contributed by atoms with E-state index in [0.29, 0.717) is 12.2 Å². The molecule has 4 aromatic rings. The monoisotopic (exact) mass is 375 g/mol. The highest BCUT2D eigenvalue weighted by atomic mass is 16.5. The van der Waals surface area contributed by atoms with Crippen molar-refractivity contribution in [1.29, 1.82) is 0 Å². The minimum atomic E-state index is -1.65. The Morgan fingerprint density at radius 2 is 1.96 bits per heavy atom. The van der Waals surface area contributed by atoms with Crippen molar-refractivity contribution >= 4 is 11.6 Å². The van der Waals surface area contributed by atoms with Gasteiger partial charge in [-0.1, -0.05) is 23.4 Å². The van der Waals surface area contributed by atoms with Crippen molar-refractivity contribution in [2.75, 3.05) is 13.6 Å². The number of carbonyl (C=O) groups excluding carboxylic acids is 1. The number of likely N-dealkylation sites (tertiary alicyclic amines) is 1. The molecule has 1 atom stereocenters. The van der Waals surface area contributed by atoms with Gasteiger partial charge in [0.25, 0.3) is 5.91 Å². The van der Waals surface area contributed by atoms with E-state index in [2.05, 4.69) is 15.2 Å². The molecule has 4 heterocycles. The zero-order chi connectivity index (χ0) is 19.3. The van der Waals surface area contributed by atoms with Crippen molar-refractivity contribution in [1.82, 2.24) is 24.7 Å². The number of carbonyl (C=O) groups is 1. The maximum atomic E-state index is 12.3. The van der Waals surface area contributed by atoms with Crippen LogP contribution in [0.25, 0.3) is 28.2 Å². The van der Waals surface area contributed by atoms with E-state index in [-0.39, 0.29) is 18.1 Å². The van der Waals surface area contributed by atoms with Crippen molar-refractivity contribution in [2.24, 2.45) is 0 Å². The van der Waals surface area contributed by atoms with Gasteiger partial charge in [0.05, 0.1) is 11.9 Å². The minimum absolute atomic E-state index is 0.168. The summed E-state index contributed by atoms with van der Waals surface area (Å²) in [7, 11) is 1.66. The summed E-state index contributed by atoms with van der Waals surface area (Å²) < 4.78 is 7.04. The molecule has 1 fully saturated rings. The second-order valence-corrected chi connectivity index (χ2v) is 6.94. The fourth-order valence-electron chi connectivity index (χ4n) is 3.50. The summed E-state index contributed by atoms with van der Waals surface area (Å²) in [4.78, 5) is 18.4. The van der Waals surface area contributed by atoms with E-state index in [4.69, 9.17) is 4.52 Å². The molecule has 1 N–H and O–H groups in total. The molecule has 0 radical (unpaired) electrons. The lowest BCUT2D eigenvalue weighted by Crippen LogP contribution is -2.35. The predicted octanol–water partition coefficient (Wildman–Crippen LogP) is 2.10. The number of benzene rings is 1. The molecule has 8 nitrogen and oxygen atoms in total. The number of hydrogen-bond donors (Lipinski definition) is 1. The zero-order valence-electron chi connectivity index (χ0n) is 15.1. The van der Waals surface area contributed by atoms with Crippen LogP contribution in [0.15, 0.2) is 59.4 Å². The van der Waals surface area contributed by atoms with Crippen molar-refractivity contribution in [3.8, 4) is 22.5 Å². The van der Waals surface area contributed by atoms with E-state index in [1.807, 2.05) is 42.6 Å². The van der Waals surface area contributed by atoms with E-state index < -0.39 is 5.60 Å². The molecule has 1 aliphatic heterocycles. The largest absolute Gasteiger partial charge is 0.373 e. The highest BCUT2D eigenvalue weighted by Gasteiger charge is 2.48. The van der Waals surface area contributed by atoms with Gasteiger partial charge in [0.1, 0.15) is 5.69 Å². The maximum absolute atomic E-state index is 12.3. The SMILES string of the molecule is CN1CC[C@@](O)(c2cc(-c3cccc(-c4ccn5nccc5n4)c3)no2)C1=O. The van der Waals surface area contributed by atoms with Crippen molar-refractivity contribution < 1.29 is 14.4 Å². The fourth-order valence-corrected chi connectivity index (χ4v) is 3.50. The molecule has 1 amide bonds. The fraction of sp³-hybridized carbons (Fsp3) is 0.200. The quantitative estimate of drug-likeness (QED) is 0.589. The number of amides is 1. The molecule has 0 saturated carbocycles. The third-order valence-corrected chi connectivity index (χ3v) is 5.14. The number of rotatable bonds is 3. The first-order valence-electron chi connectivity index (χ1n) is 8.91. The van der Waals surface area contributed by atoms with Gasteiger partial charge in [0, 0.05) is 49.5 Å². The van der Waals surface area contributed by atoms with Crippen molar-refractivity contribution in [3.63, 3.8) is 0 Å². The van der Waals surface area contributed by atoms with Crippen LogP contribution < -0.4 is 0 Å². The average Bonchev–Trinajstić information content (AvgIpc) is 3.45. The lowest BCUT2D eigenvalue weighted by Gasteiger charge is -2.16. The Hall–Kier alpha value is -3.52. The van der Waals surface area contributed by atoms with Crippen LogP contribution in [0.2, 0.25) is 0 Å². The highest BCUT2D eigenvalue weighted by molar-refractivity contribution is 5.87. The highest BCUT2D eigenvalue weighted by Crippen LogP contribution is 2.35. The third-order valence-electron chi connectivity index (χ3n) is 5.14. The molecule has 5 rings (SSSR count). The summed E-state index contributed by atoms with van der Waals surface area (Å²) in [5, 5.41) is 19.0. The first-order valence-corrected chi connectivity index (χ1v) is 8.91.